The van der Waals surface area contributed by atoms with E-state index < -0.39 is 40.4 Å². The molecule has 0 aliphatic heterocycles. The van der Waals surface area contributed by atoms with Gasteiger partial charge >= 0.3 is 12.1 Å². The zero-order valence-electron chi connectivity index (χ0n) is 12.2. The Balaban J connectivity index is 2.85. The number of nitrogens with one attached hydrogen (secondary N) is 1. The lowest BCUT2D eigenvalue weighted by Gasteiger charge is -2.22. The average molecular weight is 336 g/mol. The summed E-state index contributed by atoms with van der Waals surface area (Å²) >= 11 is 5.50. The summed E-state index contributed by atoms with van der Waals surface area (Å²) in [5.74, 6) is -3.74. The summed E-state index contributed by atoms with van der Waals surface area (Å²) in [6.07, 6.45) is -1.19. The van der Waals surface area contributed by atoms with Crippen LogP contribution < -0.4 is 5.32 Å². The molecule has 1 aromatic rings. The van der Waals surface area contributed by atoms with Gasteiger partial charge in [-0.1, -0.05) is 11.6 Å². The Kier molecular flexibility index (Phi) is 5.71. The van der Waals surface area contributed by atoms with E-state index in [1.807, 2.05) is 0 Å². The molecule has 0 saturated carbocycles. The van der Waals surface area contributed by atoms with Crippen molar-refractivity contribution in [3.8, 4) is 0 Å². The number of hydrogen-bond acceptors (Lipinski definition) is 3. The van der Waals surface area contributed by atoms with E-state index in [1.54, 1.807) is 20.8 Å². The molecule has 0 saturated heterocycles. The number of rotatable bonds is 4. The Hall–Kier alpha value is -1.89. The highest BCUT2D eigenvalue weighted by atomic mass is 35.5. The molecule has 0 heterocycles. The van der Waals surface area contributed by atoms with Crippen molar-refractivity contribution in [1.82, 2.24) is 5.32 Å². The van der Waals surface area contributed by atoms with Gasteiger partial charge in [0.05, 0.1) is 5.02 Å². The zero-order chi connectivity index (χ0) is 17.1. The van der Waals surface area contributed by atoms with Crippen LogP contribution in [0.5, 0.6) is 0 Å². The standard InChI is InChI=1S/C14H16ClF2NO4/c1-14(2,3)22-13(21)18-10(12(19)20)6-7-4-8(15)11(17)9(16)5-7/h4-5,10H,6H2,1-3H3,(H,18,21)(H,19,20)/t10-/m0/s1. The average Bonchev–Trinajstić information content (AvgIpc) is 2.32. The lowest BCUT2D eigenvalue weighted by atomic mass is 10.1. The summed E-state index contributed by atoms with van der Waals surface area (Å²) in [6, 6.07) is 0.566. The lowest BCUT2D eigenvalue weighted by molar-refractivity contribution is -0.139. The van der Waals surface area contributed by atoms with Gasteiger partial charge in [-0.2, -0.15) is 0 Å². The van der Waals surface area contributed by atoms with Gasteiger partial charge in [0.2, 0.25) is 0 Å². The third-order valence-corrected chi connectivity index (χ3v) is 2.75. The van der Waals surface area contributed by atoms with Gasteiger partial charge in [0.25, 0.3) is 0 Å². The van der Waals surface area contributed by atoms with Gasteiger partial charge in [-0.25, -0.2) is 18.4 Å². The van der Waals surface area contributed by atoms with Crippen LogP contribution in [0.2, 0.25) is 5.02 Å². The summed E-state index contributed by atoms with van der Waals surface area (Å²) in [7, 11) is 0. The summed E-state index contributed by atoms with van der Waals surface area (Å²) in [4.78, 5) is 22.8. The van der Waals surface area contributed by atoms with Gasteiger partial charge in [0.1, 0.15) is 11.6 Å². The smallest absolute Gasteiger partial charge is 0.408 e. The second-order valence-electron chi connectivity index (χ2n) is 5.61. The second-order valence-corrected chi connectivity index (χ2v) is 6.02. The molecule has 0 bridgehead atoms. The molecule has 0 unspecified atom stereocenters. The Morgan fingerprint density at radius 1 is 1.36 bits per heavy atom. The van der Waals surface area contributed by atoms with Gasteiger partial charge in [0, 0.05) is 6.42 Å². The molecule has 0 fully saturated rings. The van der Waals surface area contributed by atoms with Crippen molar-refractivity contribution in [2.45, 2.75) is 38.8 Å². The maximum Gasteiger partial charge on any atom is 0.408 e. The van der Waals surface area contributed by atoms with Gasteiger partial charge < -0.3 is 15.2 Å². The van der Waals surface area contributed by atoms with Crippen LogP contribution in [-0.2, 0) is 16.0 Å². The van der Waals surface area contributed by atoms with E-state index in [4.69, 9.17) is 21.4 Å². The summed E-state index contributed by atoms with van der Waals surface area (Å²) in [5, 5.41) is 10.8. The van der Waals surface area contributed by atoms with Gasteiger partial charge in [-0.05, 0) is 38.5 Å². The van der Waals surface area contributed by atoms with Crippen molar-refractivity contribution < 1.29 is 28.2 Å². The number of ether oxygens (including phenoxy) is 1. The van der Waals surface area contributed by atoms with E-state index in [-0.39, 0.29) is 12.0 Å². The molecule has 5 nitrogen and oxygen atoms in total. The fourth-order valence-electron chi connectivity index (χ4n) is 1.61. The molecule has 8 heteroatoms. The first kappa shape index (κ1) is 18.2. The van der Waals surface area contributed by atoms with E-state index in [0.717, 1.165) is 12.1 Å². The van der Waals surface area contributed by atoms with Crippen molar-refractivity contribution in [2.75, 3.05) is 0 Å². The van der Waals surface area contributed by atoms with E-state index in [0.29, 0.717) is 0 Å². The Morgan fingerprint density at radius 3 is 2.41 bits per heavy atom. The number of halogens is 3. The first-order valence-corrected chi connectivity index (χ1v) is 6.73. The number of carbonyl (C=O) groups is 2. The van der Waals surface area contributed by atoms with Crippen LogP contribution in [-0.4, -0.2) is 28.8 Å². The van der Waals surface area contributed by atoms with Crippen LogP contribution >= 0.6 is 11.6 Å². The quantitative estimate of drug-likeness (QED) is 0.829. The number of carboxylic acids is 1. The number of benzene rings is 1. The predicted molar refractivity (Wildman–Crippen MR) is 75.9 cm³/mol. The Labute approximate surface area is 131 Å². The largest absolute Gasteiger partial charge is 0.480 e. The first-order valence-electron chi connectivity index (χ1n) is 6.35. The maximum absolute atomic E-state index is 13.3. The highest BCUT2D eigenvalue weighted by molar-refractivity contribution is 6.30. The molecule has 0 aromatic heterocycles. The molecule has 22 heavy (non-hydrogen) atoms. The molecular weight excluding hydrogens is 320 g/mol. The third-order valence-electron chi connectivity index (χ3n) is 2.47. The molecule has 1 aromatic carbocycles. The van der Waals surface area contributed by atoms with Crippen molar-refractivity contribution in [1.29, 1.82) is 0 Å². The normalized spacial score (nSPS) is 12.6. The third kappa shape index (κ3) is 5.48. The van der Waals surface area contributed by atoms with Crippen LogP contribution in [0.15, 0.2) is 12.1 Å². The number of carbonyl (C=O) groups excluding carboxylic acids is 1. The molecular formula is C14H16ClF2NO4. The van der Waals surface area contributed by atoms with Crippen molar-refractivity contribution in [3.63, 3.8) is 0 Å². The topological polar surface area (TPSA) is 75.6 Å². The van der Waals surface area contributed by atoms with Gasteiger partial charge in [-0.3, -0.25) is 0 Å². The van der Waals surface area contributed by atoms with Crippen molar-refractivity contribution >= 4 is 23.7 Å². The minimum atomic E-state index is -1.37. The highest BCUT2D eigenvalue weighted by Crippen LogP contribution is 2.20. The van der Waals surface area contributed by atoms with Gasteiger partial charge in [-0.15, -0.1) is 0 Å². The Bertz CT molecular complexity index is 564. The number of hydrogen-bond donors (Lipinski definition) is 2. The predicted octanol–water partition coefficient (Wildman–Crippen LogP) is 3.14. The minimum Gasteiger partial charge on any atom is -0.480 e. The van der Waals surface area contributed by atoms with Crippen molar-refractivity contribution in [3.05, 3.63) is 34.4 Å². The van der Waals surface area contributed by atoms with E-state index in [2.05, 4.69) is 5.32 Å². The summed E-state index contributed by atoms with van der Waals surface area (Å²) < 4.78 is 31.3. The number of alkyl carbamates (subject to hydrolysis) is 1. The van der Waals surface area contributed by atoms with Crippen LogP contribution in [0.3, 0.4) is 0 Å². The summed E-state index contributed by atoms with van der Waals surface area (Å²) in [5.41, 5.74) is -0.661. The molecule has 1 amide bonds. The minimum absolute atomic E-state index is 0.132. The molecule has 122 valence electrons. The number of aliphatic carboxylic acids is 1. The molecule has 2 N–H and O–H groups in total. The molecule has 0 radical (unpaired) electrons. The van der Waals surface area contributed by atoms with Crippen LogP contribution in [0.25, 0.3) is 0 Å². The van der Waals surface area contributed by atoms with E-state index in [9.17, 15) is 18.4 Å². The van der Waals surface area contributed by atoms with E-state index >= 15 is 0 Å². The zero-order valence-corrected chi connectivity index (χ0v) is 13.0. The van der Waals surface area contributed by atoms with Gasteiger partial charge in [0.15, 0.2) is 11.6 Å². The molecule has 0 spiro atoms. The fourth-order valence-corrected chi connectivity index (χ4v) is 1.84. The molecule has 0 aliphatic carbocycles. The van der Waals surface area contributed by atoms with E-state index in [1.165, 1.54) is 0 Å². The summed E-state index contributed by atoms with van der Waals surface area (Å²) in [6.45, 7) is 4.87. The van der Waals surface area contributed by atoms with Crippen LogP contribution in [0.1, 0.15) is 26.3 Å². The number of amides is 1. The van der Waals surface area contributed by atoms with Crippen molar-refractivity contribution in [2.24, 2.45) is 0 Å². The molecule has 1 rings (SSSR count). The fraction of sp³-hybridized carbons (Fsp3) is 0.429. The monoisotopic (exact) mass is 335 g/mol. The second kappa shape index (κ2) is 6.91. The SMILES string of the molecule is CC(C)(C)OC(=O)N[C@@H](Cc1cc(F)c(F)c(Cl)c1)C(=O)O. The maximum atomic E-state index is 13.3. The number of carboxylic acid groups (broad SMARTS) is 1. The molecule has 0 aliphatic rings. The van der Waals surface area contributed by atoms with Crippen LogP contribution in [0, 0.1) is 11.6 Å². The molecule has 1 atom stereocenters. The first-order chi connectivity index (χ1) is 9.99. The Morgan fingerprint density at radius 2 is 1.95 bits per heavy atom. The highest BCUT2D eigenvalue weighted by Gasteiger charge is 2.25. The lowest BCUT2D eigenvalue weighted by Crippen LogP contribution is -2.44. The van der Waals surface area contributed by atoms with Crippen LogP contribution in [0.4, 0.5) is 13.6 Å².